The lowest BCUT2D eigenvalue weighted by Crippen LogP contribution is -2.29. The highest BCUT2D eigenvalue weighted by atomic mass is 79.9. The molecule has 9 heteroatoms. The van der Waals surface area contributed by atoms with Gasteiger partial charge in [-0.25, -0.2) is 0 Å². The molecule has 0 N–H and O–H groups in total. The number of aryl methyl sites for hydroxylation is 1. The number of carbonyl (C=O) groups excluding carboxylic acids is 2. The van der Waals surface area contributed by atoms with Gasteiger partial charge >= 0.3 is 10.1 Å². The third kappa shape index (κ3) is 4.85. The van der Waals surface area contributed by atoms with Crippen molar-refractivity contribution < 1.29 is 22.2 Å². The predicted octanol–water partition coefficient (Wildman–Crippen LogP) is 4.97. The molecule has 0 atom stereocenters. The summed E-state index contributed by atoms with van der Waals surface area (Å²) in [4.78, 5) is 25.8. The highest BCUT2D eigenvalue weighted by Gasteiger charge is 2.33. The van der Waals surface area contributed by atoms with Crippen LogP contribution >= 0.6 is 15.9 Å². The van der Waals surface area contributed by atoms with Crippen molar-refractivity contribution in [3.05, 3.63) is 99.5 Å². The fourth-order valence-electron chi connectivity index (χ4n) is 3.26. The molecule has 0 unspecified atom stereocenters. The molecule has 7 nitrogen and oxygen atoms in total. The van der Waals surface area contributed by atoms with E-state index in [-0.39, 0.29) is 16.2 Å². The number of rotatable bonds is 5. The Hall–Kier alpha value is -3.56. The Bertz CT molecular complexity index is 1450. The van der Waals surface area contributed by atoms with Crippen LogP contribution in [0.3, 0.4) is 0 Å². The molecular weight excluding hydrogens is 520 g/mol. The lowest BCUT2D eigenvalue weighted by molar-refractivity contribution is -0.123. The number of amides is 2. The highest BCUT2D eigenvalue weighted by Crippen LogP contribution is 2.30. The molecule has 1 heterocycles. The standard InChI is InChI=1S/C25H19BrN2O5S/c1-16-8-11-21(12-9-16)34(31,32)33-23-13-10-20(26)14-19(23)15-22-17(2)27-28(25(22)30)24(29)18-6-4-3-5-7-18/h3-15H,1-2H3/b22-15+. The Balaban J connectivity index is 1.68. The minimum atomic E-state index is -4.11. The average molecular weight is 539 g/mol. The van der Waals surface area contributed by atoms with Crippen LogP contribution in [0.2, 0.25) is 0 Å². The van der Waals surface area contributed by atoms with E-state index < -0.39 is 21.9 Å². The summed E-state index contributed by atoms with van der Waals surface area (Å²) in [5.41, 5.74) is 2.04. The van der Waals surface area contributed by atoms with Crippen LogP contribution in [0.25, 0.3) is 6.08 Å². The van der Waals surface area contributed by atoms with Gasteiger partial charge in [-0.15, -0.1) is 0 Å². The number of benzene rings is 3. The quantitative estimate of drug-likeness (QED) is 0.260. The number of hydrazone groups is 1. The molecule has 0 saturated carbocycles. The van der Waals surface area contributed by atoms with Gasteiger partial charge in [-0.05, 0) is 62.4 Å². The van der Waals surface area contributed by atoms with E-state index in [1.165, 1.54) is 24.3 Å². The molecule has 4 rings (SSSR count). The van der Waals surface area contributed by atoms with Crippen LogP contribution in [0, 0.1) is 6.92 Å². The maximum absolute atomic E-state index is 13.0. The molecule has 3 aromatic carbocycles. The summed E-state index contributed by atoms with van der Waals surface area (Å²) in [5, 5.41) is 4.92. The fraction of sp³-hybridized carbons (Fsp3) is 0.0800. The molecule has 3 aromatic rings. The van der Waals surface area contributed by atoms with Crippen molar-refractivity contribution in [2.45, 2.75) is 18.7 Å². The Morgan fingerprint density at radius 2 is 1.68 bits per heavy atom. The molecule has 1 aliphatic heterocycles. The van der Waals surface area contributed by atoms with Gasteiger partial charge in [0.05, 0.1) is 11.3 Å². The van der Waals surface area contributed by atoms with Crippen LogP contribution in [0.15, 0.2) is 92.8 Å². The van der Waals surface area contributed by atoms with Crippen molar-refractivity contribution >= 4 is 49.7 Å². The summed E-state index contributed by atoms with van der Waals surface area (Å²) >= 11 is 3.36. The van der Waals surface area contributed by atoms with E-state index in [0.29, 0.717) is 21.3 Å². The molecule has 0 spiro atoms. The van der Waals surface area contributed by atoms with E-state index in [0.717, 1.165) is 10.6 Å². The van der Waals surface area contributed by atoms with Gasteiger partial charge in [0.25, 0.3) is 11.8 Å². The van der Waals surface area contributed by atoms with Crippen LogP contribution < -0.4 is 4.18 Å². The van der Waals surface area contributed by atoms with Crippen molar-refractivity contribution in [1.82, 2.24) is 5.01 Å². The topological polar surface area (TPSA) is 93.1 Å². The molecule has 0 aliphatic carbocycles. The van der Waals surface area contributed by atoms with Crippen LogP contribution in [0.5, 0.6) is 5.75 Å². The zero-order valence-corrected chi connectivity index (χ0v) is 20.6. The van der Waals surface area contributed by atoms with Crippen LogP contribution in [0.4, 0.5) is 0 Å². The minimum Gasteiger partial charge on any atom is -0.378 e. The molecule has 34 heavy (non-hydrogen) atoms. The zero-order valence-electron chi connectivity index (χ0n) is 18.2. The summed E-state index contributed by atoms with van der Waals surface area (Å²) in [6.45, 7) is 3.45. The Labute approximate surface area is 205 Å². The number of imide groups is 1. The third-order valence-corrected chi connectivity index (χ3v) is 6.80. The average Bonchev–Trinajstić information content (AvgIpc) is 3.09. The number of hydrogen-bond acceptors (Lipinski definition) is 6. The first-order valence-electron chi connectivity index (χ1n) is 10.2. The summed E-state index contributed by atoms with van der Waals surface area (Å²) in [6, 6.07) is 19.4. The number of carbonyl (C=O) groups is 2. The Morgan fingerprint density at radius 1 is 1.00 bits per heavy atom. The van der Waals surface area contributed by atoms with E-state index in [2.05, 4.69) is 21.0 Å². The lowest BCUT2D eigenvalue weighted by Gasteiger charge is -2.12. The maximum atomic E-state index is 13.0. The van der Waals surface area contributed by atoms with Crippen molar-refractivity contribution in [2.75, 3.05) is 0 Å². The molecule has 1 aliphatic rings. The van der Waals surface area contributed by atoms with Crippen LogP contribution in [0.1, 0.15) is 28.4 Å². The smallest absolute Gasteiger partial charge is 0.339 e. The first-order valence-corrected chi connectivity index (χ1v) is 12.4. The van der Waals surface area contributed by atoms with Gasteiger partial charge in [-0.3, -0.25) is 9.59 Å². The van der Waals surface area contributed by atoms with E-state index >= 15 is 0 Å². The second-order valence-electron chi connectivity index (χ2n) is 7.56. The van der Waals surface area contributed by atoms with E-state index in [1.54, 1.807) is 61.5 Å². The van der Waals surface area contributed by atoms with Crippen molar-refractivity contribution in [2.24, 2.45) is 5.10 Å². The zero-order chi connectivity index (χ0) is 24.5. The molecule has 172 valence electrons. The summed E-state index contributed by atoms with van der Waals surface area (Å²) in [5.74, 6) is -1.13. The number of nitrogens with zero attached hydrogens (tertiary/aromatic N) is 2. The van der Waals surface area contributed by atoms with Gasteiger partial charge in [0.15, 0.2) is 0 Å². The Morgan fingerprint density at radius 3 is 2.35 bits per heavy atom. The van der Waals surface area contributed by atoms with Gasteiger partial charge in [-0.2, -0.15) is 18.5 Å². The van der Waals surface area contributed by atoms with Crippen molar-refractivity contribution in [3.63, 3.8) is 0 Å². The fourth-order valence-corrected chi connectivity index (χ4v) is 4.59. The van der Waals surface area contributed by atoms with Gasteiger partial charge in [-0.1, -0.05) is 51.8 Å². The monoisotopic (exact) mass is 538 g/mol. The molecule has 0 saturated heterocycles. The van der Waals surface area contributed by atoms with E-state index in [4.69, 9.17) is 4.18 Å². The third-order valence-electron chi connectivity index (χ3n) is 5.06. The van der Waals surface area contributed by atoms with E-state index in [1.807, 2.05) is 6.92 Å². The van der Waals surface area contributed by atoms with E-state index in [9.17, 15) is 18.0 Å². The lowest BCUT2D eigenvalue weighted by atomic mass is 10.1. The number of hydrogen-bond donors (Lipinski definition) is 0. The van der Waals surface area contributed by atoms with Crippen LogP contribution in [-0.4, -0.2) is 31.0 Å². The summed E-state index contributed by atoms with van der Waals surface area (Å²) in [6.07, 6.45) is 1.46. The van der Waals surface area contributed by atoms with Gasteiger partial charge in [0, 0.05) is 15.6 Å². The Kier molecular flexibility index (Phi) is 6.49. The number of halogens is 1. The maximum Gasteiger partial charge on any atom is 0.339 e. The highest BCUT2D eigenvalue weighted by molar-refractivity contribution is 9.10. The minimum absolute atomic E-state index is 0.00828. The molecule has 0 bridgehead atoms. The SMILES string of the molecule is CC1=NN(C(=O)c2ccccc2)C(=O)/C1=C/c1cc(Br)ccc1OS(=O)(=O)c1ccc(C)cc1. The second-order valence-corrected chi connectivity index (χ2v) is 10.0. The van der Waals surface area contributed by atoms with Gasteiger partial charge in [0.1, 0.15) is 10.6 Å². The largest absolute Gasteiger partial charge is 0.378 e. The van der Waals surface area contributed by atoms with Crippen LogP contribution in [-0.2, 0) is 14.9 Å². The molecular formula is C25H19BrN2O5S. The first kappa shape index (κ1) is 23.6. The summed E-state index contributed by atoms with van der Waals surface area (Å²) in [7, 11) is -4.11. The van der Waals surface area contributed by atoms with Crippen molar-refractivity contribution in [3.8, 4) is 5.75 Å². The van der Waals surface area contributed by atoms with Gasteiger partial charge in [0.2, 0.25) is 0 Å². The summed E-state index contributed by atoms with van der Waals surface area (Å²) < 4.78 is 31.7. The molecule has 2 amide bonds. The molecule has 0 radical (unpaired) electrons. The molecule has 0 fully saturated rings. The molecule has 0 aromatic heterocycles. The normalized spacial score (nSPS) is 14.9. The van der Waals surface area contributed by atoms with Crippen molar-refractivity contribution in [1.29, 1.82) is 0 Å². The second kappa shape index (κ2) is 9.36. The van der Waals surface area contributed by atoms with Gasteiger partial charge < -0.3 is 4.18 Å². The first-order chi connectivity index (χ1) is 16.2. The predicted molar refractivity (Wildman–Crippen MR) is 132 cm³/mol.